The Hall–Kier alpha value is -5.19. The first-order valence-corrected chi connectivity index (χ1v) is 12.8. The van der Waals surface area contributed by atoms with Gasteiger partial charge < -0.3 is 0 Å². The molecular weight excluding hydrogens is 458 g/mol. The van der Waals surface area contributed by atoms with Crippen LogP contribution in [0.15, 0.2) is 140 Å². The van der Waals surface area contributed by atoms with Gasteiger partial charge in [-0.1, -0.05) is 127 Å². The normalized spacial score (nSPS) is 11.1. The Kier molecular flexibility index (Phi) is 5.24. The number of rotatable bonds is 3. The maximum atomic E-state index is 9.13. The van der Waals surface area contributed by atoms with Crippen molar-refractivity contribution in [3.63, 3.8) is 0 Å². The molecule has 0 unspecified atom stereocenters. The highest BCUT2D eigenvalue weighted by atomic mass is 14.2. The summed E-state index contributed by atoms with van der Waals surface area (Å²) in [6.45, 7) is 0. The van der Waals surface area contributed by atoms with Crippen LogP contribution in [-0.4, -0.2) is 0 Å². The highest BCUT2D eigenvalue weighted by Crippen LogP contribution is 2.45. The van der Waals surface area contributed by atoms with Crippen molar-refractivity contribution in [1.29, 1.82) is 5.26 Å². The SMILES string of the molecule is N#Cc1ccc(-c2ccc(-c3c4ccccc4c(-c4cccc5ccccc45)c4ccccc34)cc2)cc1. The summed E-state index contributed by atoms with van der Waals surface area (Å²) < 4.78 is 0. The predicted octanol–water partition coefficient (Wildman–Crippen LogP) is 10.0. The van der Waals surface area contributed by atoms with Gasteiger partial charge in [0.15, 0.2) is 0 Å². The van der Waals surface area contributed by atoms with Crippen molar-refractivity contribution in [1.82, 2.24) is 0 Å². The van der Waals surface area contributed by atoms with Gasteiger partial charge in [-0.3, -0.25) is 0 Å². The third kappa shape index (κ3) is 3.55. The second kappa shape index (κ2) is 9.04. The van der Waals surface area contributed by atoms with Gasteiger partial charge in [-0.05, 0) is 77.8 Å². The highest BCUT2D eigenvalue weighted by Gasteiger charge is 2.17. The molecule has 0 spiro atoms. The maximum Gasteiger partial charge on any atom is 0.0991 e. The van der Waals surface area contributed by atoms with Crippen molar-refractivity contribution in [2.45, 2.75) is 0 Å². The minimum Gasteiger partial charge on any atom is -0.192 e. The van der Waals surface area contributed by atoms with Crippen molar-refractivity contribution in [3.8, 4) is 39.4 Å². The molecule has 0 heterocycles. The lowest BCUT2D eigenvalue weighted by Gasteiger charge is -2.19. The molecule has 1 heteroatoms. The molecule has 0 aliphatic heterocycles. The second-order valence-electron chi connectivity index (χ2n) is 9.63. The number of nitriles is 1. The lowest BCUT2D eigenvalue weighted by molar-refractivity contribution is 1.48. The van der Waals surface area contributed by atoms with Crippen LogP contribution in [0.2, 0.25) is 0 Å². The zero-order valence-corrected chi connectivity index (χ0v) is 20.7. The van der Waals surface area contributed by atoms with Crippen LogP contribution in [0.3, 0.4) is 0 Å². The molecule has 0 aliphatic carbocycles. The van der Waals surface area contributed by atoms with Crippen molar-refractivity contribution >= 4 is 32.3 Å². The number of nitrogens with zero attached hydrogens (tertiary/aromatic N) is 1. The van der Waals surface area contributed by atoms with Crippen LogP contribution in [0.1, 0.15) is 5.56 Å². The smallest absolute Gasteiger partial charge is 0.0991 e. The zero-order chi connectivity index (χ0) is 25.5. The van der Waals surface area contributed by atoms with Crippen LogP contribution < -0.4 is 0 Å². The summed E-state index contributed by atoms with van der Waals surface area (Å²) in [4.78, 5) is 0. The number of hydrogen-bond acceptors (Lipinski definition) is 1. The maximum absolute atomic E-state index is 9.13. The fourth-order valence-corrected chi connectivity index (χ4v) is 5.74. The summed E-state index contributed by atoms with van der Waals surface area (Å²) in [5.41, 5.74) is 7.92. The molecule has 0 N–H and O–H groups in total. The molecule has 38 heavy (non-hydrogen) atoms. The van der Waals surface area contributed by atoms with Crippen molar-refractivity contribution in [2.75, 3.05) is 0 Å². The first-order chi connectivity index (χ1) is 18.8. The topological polar surface area (TPSA) is 23.8 Å². The van der Waals surface area contributed by atoms with Gasteiger partial charge in [-0.25, -0.2) is 0 Å². The molecule has 7 rings (SSSR count). The number of benzene rings is 7. The predicted molar refractivity (Wildman–Crippen MR) is 160 cm³/mol. The molecule has 7 aromatic carbocycles. The summed E-state index contributed by atoms with van der Waals surface area (Å²) >= 11 is 0. The minimum absolute atomic E-state index is 0.676. The standard InChI is InChI=1S/C37H23N/c38-24-25-16-18-26(19-17-25)27-20-22-29(23-21-27)36-32-11-3-5-13-34(32)37(35-14-6-4-12-33(35)36)31-15-7-9-28-8-1-2-10-30(28)31/h1-23H. The van der Waals surface area contributed by atoms with E-state index in [4.69, 9.17) is 5.26 Å². The third-order valence-corrected chi connectivity index (χ3v) is 7.51. The first kappa shape index (κ1) is 22.0. The highest BCUT2D eigenvalue weighted by molar-refractivity contribution is 6.23. The Morgan fingerprint density at radius 2 is 0.816 bits per heavy atom. The Morgan fingerprint density at radius 1 is 0.368 bits per heavy atom. The number of fused-ring (bicyclic) bond motifs is 3. The average Bonchev–Trinajstić information content (AvgIpc) is 3.00. The summed E-state index contributed by atoms with van der Waals surface area (Å²) in [6.07, 6.45) is 0. The van der Waals surface area contributed by atoms with E-state index in [0.29, 0.717) is 5.56 Å². The molecular formula is C37H23N. The van der Waals surface area contributed by atoms with Gasteiger partial charge in [-0.2, -0.15) is 5.26 Å². The first-order valence-electron chi connectivity index (χ1n) is 12.8. The Balaban J connectivity index is 1.49. The molecule has 0 atom stereocenters. The van der Waals surface area contributed by atoms with Gasteiger partial charge in [0.1, 0.15) is 0 Å². The molecule has 0 fully saturated rings. The zero-order valence-electron chi connectivity index (χ0n) is 20.7. The lowest BCUT2D eigenvalue weighted by Crippen LogP contribution is -1.91. The van der Waals surface area contributed by atoms with Crippen LogP contribution >= 0.6 is 0 Å². The van der Waals surface area contributed by atoms with Crippen molar-refractivity contribution < 1.29 is 0 Å². The molecule has 7 aromatic rings. The van der Waals surface area contributed by atoms with Gasteiger partial charge in [0.05, 0.1) is 11.6 Å². The molecule has 0 saturated carbocycles. The summed E-state index contributed by atoms with van der Waals surface area (Å²) in [7, 11) is 0. The third-order valence-electron chi connectivity index (χ3n) is 7.51. The van der Waals surface area contributed by atoms with Crippen LogP contribution in [0.4, 0.5) is 0 Å². The van der Waals surface area contributed by atoms with E-state index < -0.39 is 0 Å². The quantitative estimate of drug-likeness (QED) is 0.230. The Bertz CT molecular complexity index is 1940. The van der Waals surface area contributed by atoms with Crippen molar-refractivity contribution in [2.24, 2.45) is 0 Å². The molecule has 0 saturated heterocycles. The molecule has 176 valence electrons. The fourth-order valence-electron chi connectivity index (χ4n) is 5.74. The van der Waals surface area contributed by atoms with E-state index in [1.807, 2.05) is 24.3 Å². The largest absolute Gasteiger partial charge is 0.192 e. The van der Waals surface area contributed by atoms with Gasteiger partial charge in [0.25, 0.3) is 0 Å². The fraction of sp³-hybridized carbons (Fsp3) is 0. The van der Waals surface area contributed by atoms with E-state index >= 15 is 0 Å². The molecule has 0 radical (unpaired) electrons. The van der Waals surface area contributed by atoms with Gasteiger partial charge >= 0.3 is 0 Å². The van der Waals surface area contributed by atoms with E-state index in [2.05, 4.69) is 121 Å². The van der Waals surface area contributed by atoms with Crippen LogP contribution in [-0.2, 0) is 0 Å². The van der Waals surface area contributed by atoms with Gasteiger partial charge in [0.2, 0.25) is 0 Å². The summed E-state index contributed by atoms with van der Waals surface area (Å²) in [6, 6.07) is 51.6. The van der Waals surface area contributed by atoms with E-state index in [-0.39, 0.29) is 0 Å². The minimum atomic E-state index is 0.676. The lowest BCUT2D eigenvalue weighted by atomic mass is 9.84. The molecule has 0 amide bonds. The molecule has 0 aromatic heterocycles. The summed E-state index contributed by atoms with van der Waals surface area (Å²) in [5, 5.41) is 16.7. The average molecular weight is 482 g/mol. The summed E-state index contributed by atoms with van der Waals surface area (Å²) in [5.74, 6) is 0. The molecule has 0 aliphatic rings. The van der Waals surface area contributed by atoms with E-state index in [1.54, 1.807) is 0 Å². The van der Waals surface area contributed by atoms with Crippen LogP contribution in [0, 0.1) is 11.3 Å². The molecule has 0 bridgehead atoms. The monoisotopic (exact) mass is 481 g/mol. The number of hydrogen-bond donors (Lipinski definition) is 0. The van der Waals surface area contributed by atoms with Crippen molar-refractivity contribution in [3.05, 3.63) is 145 Å². The van der Waals surface area contributed by atoms with Gasteiger partial charge in [0, 0.05) is 0 Å². The van der Waals surface area contributed by atoms with Gasteiger partial charge in [-0.15, -0.1) is 0 Å². The Labute approximate surface area is 221 Å². The van der Waals surface area contributed by atoms with Crippen LogP contribution in [0.25, 0.3) is 65.7 Å². The second-order valence-corrected chi connectivity index (χ2v) is 9.63. The van der Waals surface area contributed by atoms with E-state index in [0.717, 1.165) is 11.1 Å². The van der Waals surface area contributed by atoms with Crippen LogP contribution in [0.5, 0.6) is 0 Å². The Morgan fingerprint density at radius 3 is 1.39 bits per heavy atom. The van der Waals surface area contributed by atoms with E-state index in [1.165, 1.54) is 54.6 Å². The molecule has 1 nitrogen and oxygen atoms in total. The van der Waals surface area contributed by atoms with E-state index in [9.17, 15) is 0 Å².